The Morgan fingerprint density at radius 3 is 2.47 bits per heavy atom. The maximum absolute atomic E-state index is 3.44. The molecule has 0 fully saturated rings. The topological polar surface area (TPSA) is 12.0 Å². The molecule has 0 spiro atoms. The second-order valence-corrected chi connectivity index (χ2v) is 5.10. The molecule has 0 saturated carbocycles. The second kappa shape index (κ2) is 7.50. The van der Waals surface area contributed by atoms with Gasteiger partial charge in [0, 0.05) is 6.04 Å². The number of hydrogen-bond donors (Lipinski definition) is 1. The zero-order valence-corrected chi connectivity index (χ0v) is 11.8. The van der Waals surface area contributed by atoms with E-state index in [0.29, 0.717) is 6.04 Å². The summed E-state index contributed by atoms with van der Waals surface area (Å²) in [6, 6.07) is 7.47. The fourth-order valence-electron chi connectivity index (χ4n) is 2.20. The molecular formula is C16H27N. The highest BCUT2D eigenvalue weighted by atomic mass is 14.9. The van der Waals surface area contributed by atoms with Crippen LogP contribution < -0.4 is 5.32 Å². The van der Waals surface area contributed by atoms with Crippen molar-refractivity contribution in [1.82, 2.24) is 5.32 Å². The van der Waals surface area contributed by atoms with E-state index in [4.69, 9.17) is 0 Å². The van der Waals surface area contributed by atoms with Gasteiger partial charge < -0.3 is 5.32 Å². The normalized spacial score (nSPS) is 12.7. The quantitative estimate of drug-likeness (QED) is 0.702. The van der Waals surface area contributed by atoms with E-state index < -0.39 is 0 Å². The summed E-state index contributed by atoms with van der Waals surface area (Å²) >= 11 is 0. The summed E-state index contributed by atoms with van der Waals surface area (Å²) in [4.78, 5) is 0. The van der Waals surface area contributed by atoms with E-state index in [0.717, 1.165) is 6.42 Å². The van der Waals surface area contributed by atoms with Crippen molar-refractivity contribution in [2.24, 2.45) is 0 Å². The molecule has 1 heteroatoms. The van der Waals surface area contributed by atoms with Crippen molar-refractivity contribution in [1.29, 1.82) is 0 Å². The lowest BCUT2D eigenvalue weighted by molar-refractivity contribution is 0.490. The van der Waals surface area contributed by atoms with Crippen LogP contribution in [0.2, 0.25) is 0 Å². The van der Waals surface area contributed by atoms with Crippen LogP contribution in [0.3, 0.4) is 0 Å². The molecule has 0 aromatic heterocycles. The molecular weight excluding hydrogens is 206 g/mol. The summed E-state index contributed by atoms with van der Waals surface area (Å²) in [5.74, 6) is 0. The van der Waals surface area contributed by atoms with Gasteiger partial charge in [0.25, 0.3) is 0 Å². The Morgan fingerprint density at radius 2 is 1.88 bits per heavy atom. The van der Waals surface area contributed by atoms with Gasteiger partial charge >= 0.3 is 0 Å². The van der Waals surface area contributed by atoms with Crippen molar-refractivity contribution in [3.8, 4) is 0 Å². The molecule has 0 heterocycles. The number of rotatable bonds is 7. The summed E-state index contributed by atoms with van der Waals surface area (Å²) in [5.41, 5.74) is 4.26. The van der Waals surface area contributed by atoms with E-state index in [9.17, 15) is 0 Å². The average molecular weight is 233 g/mol. The molecule has 96 valence electrons. The van der Waals surface area contributed by atoms with Gasteiger partial charge in [0.1, 0.15) is 0 Å². The Morgan fingerprint density at radius 1 is 1.12 bits per heavy atom. The van der Waals surface area contributed by atoms with Crippen LogP contribution >= 0.6 is 0 Å². The molecule has 0 bridgehead atoms. The third-order valence-electron chi connectivity index (χ3n) is 3.62. The minimum absolute atomic E-state index is 0.628. The summed E-state index contributed by atoms with van der Waals surface area (Å²) in [5, 5.41) is 3.44. The van der Waals surface area contributed by atoms with Crippen LogP contribution in [0.15, 0.2) is 18.2 Å². The van der Waals surface area contributed by atoms with Crippen LogP contribution in [0.1, 0.15) is 49.3 Å². The van der Waals surface area contributed by atoms with Gasteiger partial charge in [-0.3, -0.25) is 0 Å². The SMILES string of the molecule is CCCCCC(Cc1ccc(C)c(C)c1)NC. The van der Waals surface area contributed by atoms with Gasteiger partial charge in [-0.05, 0) is 50.4 Å². The van der Waals surface area contributed by atoms with E-state index in [2.05, 4.69) is 51.3 Å². The zero-order chi connectivity index (χ0) is 12.7. The molecule has 1 nitrogen and oxygen atoms in total. The van der Waals surface area contributed by atoms with E-state index in [-0.39, 0.29) is 0 Å². The fourth-order valence-corrected chi connectivity index (χ4v) is 2.20. The molecule has 1 aromatic carbocycles. The summed E-state index contributed by atoms with van der Waals surface area (Å²) in [6.07, 6.45) is 6.44. The summed E-state index contributed by atoms with van der Waals surface area (Å²) in [7, 11) is 2.08. The smallest absolute Gasteiger partial charge is 0.0104 e. The van der Waals surface area contributed by atoms with Crippen molar-refractivity contribution >= 4 is 0 Å². The van der Waals surface area contributed by atoms with Crippen LogP contribution in [0, 0.1) is 13.8 Å². The Kier molecular flexibility index (Phi) is 6.28. The number of nitrogens with one attached hydrogen (secondary N) is 1. The van der Waals surface area contributed by atoms with Crippen molar-refractivity contribution in [3.63, 3.8) is 0 Å². The van der Waals surface area contributed by atoms with Crippen LogP contribution in [0.25, 0.3) is 0 Å². The molecule has 0 amide bonds. The molecule has 0 aliphatic carbocycles. The maximum Gasteiger partial charge on any atom is 0.0104 e. The van der Waals surface area contributed by atoms with Gasteiger partial charge in [-0.1, -0.05) is 44.4 Å². The van der Waals surface area contributed by atoms with Crippen LogP contribution in [0.4, 0.5) is 0 Å². The first kappa shape index (κ1) is 14.2. The standard InChI is InChI=1S/C16H27N/c1-5-6-7-8-16(17-4)12-15-10-9-13(2)14(3)11-15/h9-11,16-17H,5-8,12H2,1-4H3. The lowest BCUT2D eigenvalue weighted by Gasteiger charge is -2.16. The molecule has 17 heavy (non-hydrogen) atoms. The lowest BCUT2D eigenvalue weighted by Crippen LogP contribution is -2.27. The van der Waals surface area contributed by atoms with Gasteiger partial charge in [-0.25, -0.2) is 0 Å². The molecule has 1 aromatic rings. The number of benzene rings is 1. The fraction of sp³-hybridized carbons (Fsp3) is 0.625. The molecule has 1 rings (SSSR count). The van der Waals surface area contributed by atoms with Crippen molar-refractivity contribution in [2.75, 3.05) is 7.05 Å². The van der Waals surface area contributed by atoms with Crippen molar-refractivity contribution < 1.29 is 0 Å². The number of hydrogen-bond acceptors (Lipinski definition) is 1. The molecule has 0 radical (unpaired) electrons. The van der Waals surface area contributed by atoms with Crippen LogP contribution in [-0.2, 0) is 6.42 Å². The van der Waals surface area contributed by atoms with Gasteiger partial charge in [-0.15, -0.1) is 0 Å². The number of unbranched alkanes of at least 4 members (excludes halogenated alkanes) is 2. The minimum Gasteiger partial charge on any atom is -0.317 e. The molecule has 0 aliphatic rings. The zero-order valence-electron chi connectivity index (χ0n) is 11.8. The van der Waals surface area contributed by atoms with Crippen molar-refractivity contribution in [2.45, 2.75) is 58.9 Å². The first-order valence-corrected chi connectivity index (χ1v) is 6.90. The number of likely N-dealkylation sites (N-methyl/N-ethyl adjacent to an activating group) is 1. The molecule has 1 atom stereocenters. The third kappa shape index (κ3) is 4.91. The Bertz CT molecular complexity index is 330. The van der Waals surface area contributed by atoms with Crippen molar-refractivity contribution in [3.05, 3.63) is 34.9 Å². The van der Waals surface area contributed by atoms with E-state index in [1.54, 1.807) is 0 Å². The molecule has 0 aliphatic heterocycles. The van der Waals surface area contributed by atoms with Crippen LogP contribution in [0.5, 0.6) is 0 Å². The monoisotopic (exact) mass is 233 g/mol. The Labute approximate surface area is 107 Å². The van der Waals surface area contributed by atoms with Gasteiger partial charge in [-0.2, -0.15) is 0 Å². The molecule has 0 saturated heterocycles. The van der Waals surface area contributed by atoms with Gasteiger partial charge in [0.2, 0.25) is 0 Å². The highest BCUT2D eigenvalue weighted by Gasteiger charge is 2.07. The Balaban J connectivity index is 2.51. The van der Waals surface area contributed by atoms with E-state index in [1.165, 1.54) is 42.4 Å². The van der Waals surface area contributed by atoms with Gasteiger partial charge in [0.05, 0.1) is 0 Å². The summed E-state index contributed by atoms with van der Waals surface area (Å²) in [6.45, 7) is 6.64. The second-order valence-electron chi connectivity index (χ2n) is 5.10. The predicted octanol–water partition coefficient (Wildman–Crippen LogP) is 4.01. The first-order chi connectivity index (χ1) is 8.17. The lowest BCUT2D eigenvalue weighted by atomic mass is 9.98. The predicted molar refractivity (Wildman–Crippen MR) is 76.6 cm³/mol. The largest absolute Gasteiger partial charge is 0.317 e. The third-order valence-corrected chi connectivity index (χ3v) is 3.62. The van der Waals surface area contributed by atoms with E-state index >= 15 is 0 Å². The minimum atomic E-state index is 0.628. The van der Waals surface area contributed by atoms with E-state index in [1.807, 2.05) is 0 Å². The summed E-state index contributed by atoms with van der Waals surface area (Å²) < 4.78 is 0. The molecule has 1 N–H and O–H groups in total. The maximum atomic E-state index is 3.44. The average Bonchev–Trinajstić information content (AvgIpc) is 2.32. The Hall–Kier alpha value is -0.820. The highest BCUT2D eigenvalue weighted by Crippen LogP contribution is 2.14. The number of aryl methyl sites for hydroxylation is 2. The van der Waals surface area contributed by atoms with Gasteiger partial charge in [0.15, 0.2) is 0 Å². The highest BCUT2D eigenvalue weighted by molar-refractivity contribution is 5.30. The first-order valence-electron chi connectivity index (χ1n) is 6.90. The van der Waals surface area contributed by atoms with Crippen LogP contribution in [-0.4, -0.2) is 13.1 Å². The molecule has 1 unspecified atom stereocenters.